The summed E-state index contributed by atoms with van der Waals surface area (Å²) in [5, 5.41) is 0. The maximum atomic E-state index is 2.57. The molecule has 0 aliphatic carbocycles. The van der Waals surface area contributed by atoms with Gasteiger partial charge in [0, 0.05) is 0 Å². The van der Waals surface area contributed by atoms with Crippen LogP contribution >= 0.6 is 0 Å². The summed E-state index contributed by atoms with van der Waals surface area (Å²) < 4.78 is 0. The first-order chi connectivity index (χ1) is 8.95. The third-order valence-corrected chi connectivity index (χ3v) is 3.80. The van der Waals surface area contributed by atoms with Crippen LogP contribution in [-0.4, -0.2) is 49.6 Å². The van der Waals surface area contributed by atoms with Crippen molar-refractivity contribution >= 4 is 0 Å². The lowest BCUT2D eigenvalue weighted by molar-refractivity contribution is 0.195. The molecule has 0 saturated heterocycles. The molecule has 0 rings (SSSR count). The van der Waals surface area contributed by atoms with Gasteiger partial charge in [-0.2, -0.15) is 0 Å². The zero-order chi connectivity index (χ0) is 15.3. The van der Waals surface area contributed by atoms with Crippen LogP contribution in [0.2, 0.25) is 0 Å². The molecule has 0 saturated carbocycles. The SMILES string of the molecule is CC.CCCN(CC)CCC(C)(C)CCN(C)CC. The highest BCUT2D eigenvalue weighted by Gasteiger charge is 2.19. The molecule has 0 aromatic carbocycles. The second-order valence-electron chi connectivity index (χ2n) is 5.99. The van der Waals surface area contributed by atoms with E-state index in [1.165, 1.54) is 45.4 Å². The van der Waals surface area contributed by atoms with Crippen molar-refractivity contribution in [2.45, 2.75) is 67.7 Å². The Morgan fingerprint density at radius 2 is 1.32 bits per heavy atom. The van der Waals surface area contributed by atoms with Crippen molar-refractivity contribution in [3.63, 3.8) is 0 Å². The minimum absolute atomic E-state index is 0.477. The minimum Gasteiger partial charge on any atom is -0.307 e. The molecule has 0 aliphatic heterocycles. The number of nitrogens with zero attached hydrogens (tertiary/aromatic N) is 2. The van der Waals surface area contributed by atoms with Gasteiger partial charge in [-0.1, -0.05) is 48.5 Å². The van der Waals surface area contributed by atoms with E-state index in [4.69, 9.17) is 0 Å². The number of rotatable bonds is 10. The zero-order valence-corrected chi connectivity index (χ0v) is 15.1. The second kappa shape index (κ2) is 12.9. The monoisotopic (exact) mass is 272 g/mol. The van der Waals surface area contributed by atoms with Crippen molar-refractivity contribution in [1.29, 1.82) is 0 Å². The van der Waals surface area contributed by atoms with E-state index < -0.39 is 0 Å². The van der Waals surface area contributed by atoms with Gasteiger partial charge < -0.3 is 9.80 Å². The Bertz CT molecular complexity index is 178. The molecule has 0 aromatic heterocycles. The lowest BCUT2D eigenvalue weighted by Gasteiger charge is -2.30. The van der Waals surface area contributed by atoms with Crippen LogP contribution in [0.1, 0.15) is 67.7 Å². The fraction of sp³-hybridized carbons (Fsp3) is 1.00. The van der Waals surface area contributed by atoms with Gasteiger partial charge in [0.1, 0.15) is 0 Å². The first-order valence-electron chi connectivity index (χ1n) is 8.36. The average molecular weight is 273 g/mol. The molecule has 0 spiro atoms. The predicted molar refractivity (Wildman–Crippen MR) is 89.9 cm³/mol. The fourth-order valence-electron chi connectivity index (χ4n) is 1.98. The highest BCUT2D eigenvalue weighted by molar-refractivity contribution is 4.72. The van der Waals surface area contributed by atoms with Crippen LogP contribution in [0, 0.1) is 5.41 Å². The maximum absolute atomic E-state index is 2.57. The van der Waals surface area contributed by atoms with Crippen molar-refractivity contribution in [1.82, 2.24) is 9.80 Å². The van der Waals surface area contributed by atoms with Gasteiger partial charge in [-0.05, 0) is 64.4 Å². The van der Waals surface area contributed by atoms with Crippen LogP contribution < -0.4 is 0 Å². The predicted octanol–water partition coefficient (Wildman–Crippen LogP) is 4.50. The molecule has 0 aliphatic rings. The molecule has 0 radical (unpaired) electrons. The first kappa shape index (κ1) is 21.2. The van der Waals surface area contributed by atoms with Crippen molar-refractivity contribution in [3.8, 4) is 0 Å². The molecule has 118 valence electrons. The van der Waals surface area contributed by atoms with Crippen molar-refractivity contribution in [2.24, 2.45) is 5.41 Å². The quantitative estimate of drug-likeness (QED) is 0.577. The van der Waals surface area contributed by atoms with Gasteiger partial charge in [0.25, 0.3) is 0 Å². The molecule has 0 amide bonds. The van der Waals surface area contributed by atoms with Gasteiger partial charge >= 0.3 is 0 Å². The summed E-state index contributed by atoms with van der Waals surface area (Å²) in [5.41, 5.74) is 0.477. The summed E-state index contributed by atoms with van der Waals surface area (Å²) in [6.07, 6.45) is 3.90. The summed E-state index contributed by atoms with van der Waals surface area (Å²) in [7, 11) is 2.21. The molecular formula is C17H40N2. The van der Waals surface area contributed by atoms with E-state index in [9.17, 15) is 0 Å². The molecule has 0 fully saturated rings. The van der Waals surface area contributed by atoms with Crippen LogP contribution in [0.3, 0.4) is 0 Å². The van der Waals surface area contributed by atoms with Crippen molar-refractivity contribution in [2.75, 3.05) is 39.8 Å². The Morgan fingerprint density at radius 3 is 1.74 bits per heavy atom. The van der Waals surface area contributed by atoms with Gasteiger partial charge in [-0.15, -0.1) is 0 Å². The summed E-state index contributed by atoms with van der Waals surface area (Å²) in [5.74, 6) is 0. The highest BCUT2D eigenvalue weighted by Crippen LogP contribution is 2.25. The Morgan fingerprint density at radius 1 is 0.789 bits per heavy atom. The molecule has 0 atom stereocenters. The van der Waals surface area contributed by atoms with E-state index in [0.29, 0.717) is 5.41 Å². The van der Waals surface area contributed by atoms with Crippen LogP contribution in [0.5, 0.6) is 0 Å². The smallest absolute Gasteiger partial charge is 0.00138 e. The normalized spacial score (nSPS) is 11.7. The third kappa shape index (κ3) is 12.7. The molecule has 0 N–H and O–H groups in total. The van der Waals surface area contributed by atoms with E-state index >= 15 is 0 Å². The summed E-state index contributed by atoms with van der Waals surface area (Å²) in [6.45, 7) is 21.7. The Kier molecular flexibility index (Phi) is 14.4. The second-order valence-corrected chi connectivity index (χ2v) is 5.99. The van der Waals surface area contributed by atoms with Crippen molar-refractivity contribution in [3.05, 3.63) is 0 Å². The molecule has 0 unspecified atom stereocenters. The molecule has 0 bridgehead atoms. The lowest BCUT2D eigenvalue weighted by atomic mass is 9.85. The van der Waals surface area contributed by atoms with Gasteiger partial charge in [-0.3, -0.25) is 0 Å². The van der Waals surface area contributed by atoms with Crippen LogP contribution in [0.15, 0.2) is 0 Å². The summed E-state index contributed by atoms with van der Waals surface area (Å²) in [6, 6.07) is 0. The van der Waals surface area contributed by atoms with Crippen LogP contribution in [0.4, 0.5) is 0 Å². The molecular weight excluding hydrogens is 232 g/mol. The molecule has 0 heterocycles. The Balaban J connectivity index is 0. The molecule has 19 heavy (non-hydrogen) atoms. The maximum Gasteiger partial charge on any atom is -0.00138 e. The van der Waals surface area contributed by atoms with E-state index in [-0.39, 0.29) is 0 Å². The largest absolute Gasteiger partial charge is 0.307 e. The highest BCUT2D eigenvalue weighted by atomic mass is 15.1. The zero-order valence-electron chi connectivity index (χ0n) is 15.1. The Hall–Kier alpha value is -0.0800. The minimum atomic E-state index is 0.477. The van der Waals surface area contributed by atoms with E-state index in [1.807, 2.05) is 13.8 Å². The standard InChI is InChI=1S/C15H34N2.C2H6/c1-7-12-17(9-3)14-11-15(4,5)10-13-16(6)8-2;1-2/h7-14H2,1-6H3;1-2H3. The Labute approximate surface area is 123 Å². The van der Waals surface area contributed by atoms with Gasteiger partial charge in [0.05, 0.1) is 0 Å². The lowest BCUT2D eigenvalue weighted by Crippen LogP contribution is -2.31. The van der Waals surface area contributed by atoms with Gasteiger partial charge in [-0.25, -0.2) is 0 Å². The summed E-state index contributed by atoms with van der Waals surface area (Å²) in [4.78, 5) is 4.98. The van der Waals surface area contributed by atoms with Crippen molar-refractivity contribution < 1.29 is 0 Å². The molecule has 2 heteroatoms. The third-order valence-electron chi connectivity index (χ3n) is 3.80. The van der Waals surface area contributed by atoms with Crippen LogP contribution in [-0.2, 0) is 0 Å². The topological polar surface area (TPSA) is 6.48 Å². The fourth-order valence-corrected chi connectivity index (χ4v) is 1.98. The molecule has 2 nitrogen and oxygen atoms in total. The number of hydrogen-bond donors (Lipinski definition) is 0. The molecule has 0 aromatic rings. The summed E-state index contributed by atoms with van der Waals surface area (Å²) >= 11 is 0. The van der Waals surface area contributed by atoms with Crippen LogP contribution in [0.25, 0.3) is 0 Å². The van der Waals surface area contributed by atoms with E-state index in [1.54, 1.807) is 0 Å². The average Bonchev–Trinajstić information content (AvgIpc) is 2.43. The first-order valence-corrected chi connectivity index (χ1v) is 8.36. The van der Waals surface area contributed by atoms with E-state index in [0.717, 1.165) is 6.54 Å². The number of hydrogen-bond acceptors (Lipinski definition) is 2. The van der Waals surface area contributed by atoms with Gasteiger partial charge in [0.15, 0.2) is 0 Å². The van der Waals surface area contributed by atoms with E-state index in [2.05, 4.69) is 51.5 Å². The van der Waals surface area contributed by atoms with Gasteiger partial charge in [0.2, 0.25) is 0 Å².